The number of aromatic carboxylic acids is 1. The molecule has 1 heterocycles. The lowest BCUT2D eigenvalue weighted by Crippen LogP contribution is -2.39. The van der Waals surface area contributed by atoms with Crippen LogP contribution in [0.3, 0.4) is 0 Å². The molecule has 1 atom stereocenters. The number of carboxylic acids is 1. The highest BCUT2D eigenvalue weighted by atomic mass is 16.5. The maximum absolute atomic E-state index is 11.1. The molecule has 1 aliphatic rings. The minimum atomic E-state index is -0.955. The Morgan fingerprint density at radius 2 is 2.24 bits per heavy atom. The lowest BCUT2D eigenvalue weighted by atomic mass is 9.99. The van der Waals surface area contributed by atoms with E-state index in [9.17, 15) is 4.79 Å². The van der Waals surface area contributed by atoms with Crippen molar-refractivity contribution in [2.45, 2.75) is 12.8 Å². The van der Waals surface area contributed by atoms with Crippen LogP contribution in [-0.2, 0) is 4.74 Å². The highest BCUT2D eigenvalue weighted by Crippen LogP contribution is 2.19. The second kappa shape index (κ2) is 8.00. The maximum Gasteiger partial charge on any atom is 0.339 e. The van der Waals surface area contributed by atoms with Crippen LogP contribution in [0.15, 0.2) is 24.3 Å². The van der Waals surface area contributed by atoms with Crippen LogP contribution < -0.4 is 4.74 Å². The summed E-state index contributed by atoms with van der Waals surface area (Å²) < 4.78 is 10.9. The van der Waals surface area contributed by atoms with Crippen molar-refractivity contribution in [1.82, 2.24) is 4.90 Å². The Balaban J connectivity index is 1.80. The molecule has 1 unspecified atom stereocenters. The Hall–Kier alpha value is -1.59. The fourth-order valence-electron chi connectivity index (χ4n) is 2.78. The molecule has 0 spiro atoms. The molecule has 0 aliphatic carbocycles. The summed E-state index contributed by atoms with van der Waals surface area (Å²) >= 11 is 0. The highest BCUT2D eigenvalue weighted by molar-refractivity contribution is 5.90. The van der Waals surface area contributed by atoms with Gasteiger partial charge in [-0.2, -0.15) is 0 Å². The molecule has 1 fully saturated rings. The first kappa shape index (κ1) is 15.8. The number of carbonyl (C=O) groups is 1. The number of benzene rings is 1. The summed E-state index contributed by atoms with van der Waals surface area (Å²) in [7, 11) is 1.74. The molecular weight excluding hydrogens is 270 g/mol. The van der Waals surface area contributed by atoms with Gasteiger partial charge in [-0.15, -0.1) is 0 Å². The Morgan fingerprint density at radius 1 is 1.43 bits per heavy atom. The van der Waals surface area contributed by atoms with Crippen molar-refractivity contribution in [3.8, 4) is 5.75 Å². The number of methoxy groups -OCH3 is 1. The number of ether oxygens (including phenoxy) is 2. The van der Waals surface area contributed by atoms with Gasteiger partial charge in [0.2, 0.25) is 0 Å². The Labute approximate surface area is 125 Å². The summed E-state index contributed by atoms with van der Waals surface area (Å²) in [6, 6.07) is 6.76. The van der Waals surface area contributed by atoms with E-state index in [1.54, 1.807) is 31.4 Å². The minimum absolute atomic E-state index is 0.216. The average Bonchev–Trinajstić information content (AvgIpc) is 2.48. The van der Waals surface area contributed by atoms with Gasteiger partial charge in [-0.05, 0) is 37.4 Å². The molecule has 2 rings (SSSR count). The number of para-hydroxylation sites is 1. The van der Waals surface area contributed by atoms with Gasteiger partial charge >= 0.3 is 5.97 Å². The summed E-state index contributed by atoms with van der Waals surface area (Å²) in [5.74, 6) is 0.0780. The quantitative estimate of drug-likeness (QED) is 0.834. The third-order valence-electron chi connectivity index (χ3n) is 3.79. The van der Waals surface area contributed by atoms with E-state index >= 15 is 0 Å². The molecular formula is C16H23NO4. The normalized spacial score (nSPS) is 19.4. The van der Waals surface area contributed by atoms with Gasteiger partial charge in [0, 0.05) is 20.2 Å². The van der Waals surface area contributed by atoms with E-state index in [1.165, 1.54) is 12.8 Å². The van der Waals surface area contributed by atoms with Crippen LogP contribution >= 0.6 is 0 Å². The minimum Gasteiger partial charge on any atom is -0.491 e. The first-order chi connectivity index (χ1) is 10.2. The summed E-state index contributed by atoms with van der Waals surface area (Å²) in [6.45, 7) is 4.22. The molecule has 5 nitrogen and oxygen atoms in total. The van der Waals surface area contributed by atoms with Gasteiger partial charge in [0.15, 0.2) is 0 Å². The zero-order valence-corrected chi connectivity index (χ0v) is 12.5. The van der Waals surface area contributed by atoms with Crippen molar-refractivity contribution < 1.29 is 19.4 Å². The molecule has 1 N–H and O–H groups in total. The highest BCUT2D eigenvalue weighted by Gasteiger charge is 2.19. The van der Waals surface area contributed by atoms with Crippen molar-refractivity contribution in [3.05, 3.63) is 29.8 Å². The van der Waals surface area contributed by atoms with Crippen LogP contribution in [0.2, 0.25) is 0 Å². The van der Waals surface area contributed by atoms with Gasteiger partial charge in [-0.1, -0.05) is 12.1 Å². The van der Waals surface area contributed by atoms with Crippen LogP contribution in [0.25, 0.3) is 0 Å². The van der Waals surface area contributed by atoms with Crippen LogP contribution in [0, 0.1) is 5.92 Å². The van der Waals surface area contributed by atoms with Crippen molar-refractivity contribution in [1.29, 1.82) is 0 Å². The molecule has 1 aromatic rings. The maximum atomic E-state index is 11.1. The van der Waals surface area contributed by atoms with E-state index in [0.29, 0.717) is 18.3 Å². The summed E-state index contributed by atoms with van der Waals surface area (Å²) in [5.41, 5.74) is 0.216. The van der Waals surface area contributed by atoms with Crippen molar-refractivity contribution >= 4 is 5.97 Å². The van der Waals surface area contributed by atoms with E-state index < -0.39 is 5.97 Å². The number of rotatable bonds is 7. The molecule has 1 aliphatic heterocycles. The molecule has 0 radical (unpaired) electrons. The predicted molar refractivity (Wildman–Crippen MR) is 79.9 cm³/mol. The number of hydrogen-bond acceptors (Lipinski definition) is 4. The topological polar surface area (TPSA) is 59.0 Å². The molecule has 0 bridgehead atoms. The molecule has 0 aromatic heterocycles. The Morgan fingerprint density at radius 3 is 3.00 bits per heavy atom. The zero-order chi connectivity index (χ0) is 15.1. The van der Waals surface area contributed by atoms with E-state index in [4.69, 9.17) is 14.6 Å². The van der Waals surface area contributed by atoms with E-state index in [0.717, 1.165) is 26.2 Å². The van der Waals surface area contributed by atoms with Gasteiger partial charge in [-0.3, -0.25) is 4.90 Å². The smallest absolute Gasteiger partial charge is 0.339 e. The largest absolute Gasteiger partial charge is 0.491 e. The van der Waals surface area contributed by atoms with Crippen LogP contribution in [-0.4, -0.2) is 55.9 Å². The molecule has 21 heavy (non-hydrogen) atoms. The third-order valence-corrected chi connectivity index (χ3v) is 3.79. The van der Waals surface area contributed by atoms with Crippen LogP contribution in [0.5, 0.6) is 5.75 Å². The SMILES string of the molecule is COCC1CCCN(CCOc2ccccc2C(=O)O)C1. The number of carboxylic acid groups (broad SMARTS) is 1. The first-order valence-electron chi connectivity index (χ1n) is 7.37. The average molecular weight is 293 g/mol. The van der Waals surface area contributed by atoms with Crippen LogP contribution in [0.4, 0.5) is 0 Å². The standard InChI is InChI=1S/C16H23NO4/c1-20-12-13-5-4-8-17(11-13)9-10-21-15-7-3-2-6-14(15)16(18)19/h2-3,6-7,13H,4-5,8-12H2,1H3,(H,18,19). The lowest BCUT2D eigenvalue weighted by molar-refractivity contribution is 0.0687. The monoisotopic (exact) mass is 293 g/mol. The third kappa shape index (κ3) is 4.72. The van der Waals surface area contributed by atoms with Gasteiger partial charge < -0.3 is 14.6 Å². The Bertz CT molecular complexity index is 461. The summed E-state index contributed by atoms with van der Waals surface area (Å²) in [5, 5.41) is 9.10. The fourth-order valence-corrected chi connectivity index (χ4v) is 2.78. The van der Waals surface area contributed by atoms with E-state index in [1.807, 2.05) is 0 Å². The molecule has 1 aromatic carbocycles. The van der Waals surface area contributed by atoms with Gasteiger partial charge in [0.25, 0.3) is 0 Å². The lowest BCUT2D eigenvalue weighted by Gasteiger charge is -2.32. The van der Waals surface area contributed by atoms with E-state index in [-0.39, 0.29) is 5.56 Å². The predicted octanol–water partition coefficient (Wildman–Crippen LogP) is 2.12. The molecule has 5 heteroatoms. The second-order valence-electron chi connectivity index (χ2n) is 5.41. The van der Waals surface area contributed by atoms with E-state index in [2.05, 4.69) is 4.90 Å². The zero-order valence-electron chi connectivity index (χ0n) is 12.5. The van der Waals surface area contributed by atoms with Crippen molar-refractivity contribution in [3.63, 3.8) is 0 Å². The number of hydrogen-bond donors (Lipinski definition) is 1. The number of piperidine rings is 1. The van der Waals surface area contributed by atoms with Gasteiger partial charge in [0.05, 0.1) is 6.61 Å². The Kier molecular flexibility index (Phi) is 6.02. The summed E-state index contributed by atoms with van der Waals surface area (Å²) in [6.07, 6.45) is 2.40. The second-order valence-corrected chi connectivity index (χ2v) is 5.41. The van der Waals surface area contributed by atoms with Gasteiger partial charge in [0.1, 0.15) is 17.9 Å². The van der Waals surface area contributed by atoms with Gasteiger partial charge in [-0.25, -0.2) is 4.79 Å². The molecule has 1 saturated heterocycles. The fraction of sp³-hybridized carbons (Fsp3) is 0.562. The molecule has 116 valence electrons. The summed E-state index contributed by atoms with van der Waals surface area (Å²) in [4.78, 5) is 13.5. The van der Waals surface area contributed by atoms with Crippen molar-refractivity contribution in [2.24, 2.45) is 5.92 Å². The molecule has 0 saturated carbocycles. The first-order valence-corrected chi connectivity index (χ1v) is 7.37. The number of nitrogens with zero attached hydrogens (tertiary/aromatic N) is 1. The van der Waals surface area contributed by atoms with Crippen molar-refractivity contribution in [2.75, 3.05) is 40.0 Å². The van der Waals surface area contributed by atoms with Crippen LogP contribution in [0.1, 0.15) is 23.2 Å². The molecule has 0 amide bonds. The number of likely N-dealkylation sites (tertiary alicyclic amines) is 1.